The van der Waals surface area contributed by atoms with Crippen molar-refractivity contribution in [1.82, 2.24) is 5.32 Å². The van der Waals surface area contributed by atoms with E-state index in [-0.39, 0.29) is 18.9 Å². The third-order valence-electron chi connectivity index (χ3n) is 3.39. The van der Waals surface area contributed by atoms with Crippen LogP contribution in [0.3, 0.4) is 0 Å². The van der Waals surface area contributed by atoms with Crippen LogP contribution in [-0.2, 0) is 4.79 Å². The van der Waals surface area contributed by atoms with Crippen LogP contribution in [0.2, 0.25) is 0 Å². The third-order valence-corrected chi connectivity index (χ3v) is 3.39. The number of benzene rings is 1. The van der Waals surface area contributed by atoms with E-state index >= 15 is 0 Å². The van der Waals surface area contributed by atoms with Gasteiger partial charge >= 0.3 is 0 Å². The summed E-state index contributed by atoms with van der Waals surface area (Å²) >= 11 is 0. The SMILES string of the molecule is CCCC(C)(O)CNC(=O)CCOc1cc(C)ccc1C. The molecule has 1 amide bonds. The van der Waals surface area contributed by atoms with E-state index in [0.717, 1.165) is 23.3 Å². The highest BCUT2D eigenvalue weighted by atomic mass is 16.5. The molecule has 2 N–H and O–H groups in total. The highest BCUT2D eigenvalue weighted by Crippen LogP contribution is 2.19. The molecule has 1 unspecified atom stereocenters. The Hall–Kier alpha value is -1.55. The van der Waals surface area contributed by atoms with Crippen LogP contribution in [0, 0.1) is 13.8 Å². The predicted octanol–water partition coefficient (Wildman–Crippen LogP) is 2.74. The number of aliphatic hydroxyl groups is 1. The second kappa shape index (κ2) is 8.03. The summed E-state index contributed by atoms with van der Waals surface area (Å²) in [5, 5.41) is 12.7. The van der Waals surface area contributed by atoms with Gasteiger partial charge in [-0.15, -0.1) is 0 Å². The fourth-order valence-corrected chi connectivity index (χ4v) is 2.12. The molecule has 4 nitrogen and oxygen atoms in total. The smallest absolute Gasteiger partial charge is 0.223 e. The molecule has 118 valence electrons. The maximum absolute atomic E-state index is 11.7. The van der Waals surface area contributed by atoms with Crippen LogP contribution >= 0.6 is 0 Å². The first-order chi connectivity index (χ1) is 9.84. The van der Waals surface area contributed by atoms with Crippen LogP contribution < -0.4 is 10.1 Å². The molecule has 0 aliphatic rings. The maximum Gasteiger partial charge on any atom is 0.223 e. The van der Waals surface area contributed by atoms with Gasteiger partial charge in [-0.3, -0.25) is 4.79 Å². The van der Waals surface area contributed by atoms with Gasteiger partial charge in [-0.25, -0.2) is 0 Å². The molecule has 0 spiro atoms. The Kier molecular flexibility index (Phi) is 6.69. The summed E-state index contributed by atoms with van der Waals surface area (Å²) in [6.07, 6.45) is 1.85. The van der Waals surface area contributed by atoms with E-state index in [1.807, 2.05) is 39.0 Å². The molecule has 0 saturated carbocycles. The lowest BCUT2D eigenvalue weighted by Gasteiger charge is -2.22. The van der Waals surface area contributed by atoms with Crippen molar-refractivity contribution in [3.05, 3.63) is 29.3 Å². The first-order valence-electron chi connectivity index (χ1n) is 7.53. The minimum atomic E-state index is -0.835. The second-order valence-electron chi connectivity index (χ2n) is 5.89. The second-order valence-corrected chi connectivity index (χ2v) is 5.89. The summed E-state index contributed by atoms with van der Waals surface area (Å²) in [5.74, 6) is 0.720. The number of amides is 1. The van der Waals surface area contributed by atoms with E-state index in [2.05, 4.69) is 5.32 Å². The molecule has 21 heavy (non-hydrogen) atoms. The lowest BCUT2D eigenvalue weighted by molar-refractivity contribution is -0.122. The van der Waals surface area contributed by atoms with Crippen molar-refractivity contribution in [2.45, 2.75) is 52.6 Å². The third kappa shape index (κ3) is 6.63. The number of rotatable bonds is 8. The molecule has 1 aromatic rings. The van der Waals surface area contributed by atoms with Gasteiger partial charge in [0.1, 0.15) is 5.75 Å². The lowest BCUT2D eigenvalue weighted by Crippen LogP contribution is -2.40. The average Bonchev–Trinajstić information content (AvgIpc) is 2.40. The molecule has 0 aliphatic carbocycles. The van der Waals surface area contributed by atoms with Gasteiger partial charge in [0.25, 0.3) is 0 Å². The molecule has 1 rings (SSSR count). The highest BCUT2D eigenvalue weighted by Gasteiger charge is 2.19. The molecule has 0 fully saturated rings. The van der Waals surface area contributed by atoms with Gasteiger partial charge < -0.3 is 15.2 Å². The van der Waals surface area contributed by atoms with Crippen molar-refractivity contribution in [3.8, 4) is 5.75 Å². The van der Waals surface area contributed by atoms with Gasteiger partial charge in [-0.2, -0.15) is 0 Å². The summed E-state index contributed by atoms with van der Waals surface area (Å²) in [5.41, 5.74) is 1.36. The number of carbonyl (C=O) groups is 1. The van der Waals surface area contributed by atoms with Crippen molar-refractivity contribution in [1.29, 1.82) is 0 Å². The first-order valence-corrected chi connectivity index (χ1v) is 7.53. The molecule has 4 heteroatoms. The zero-order valence-corrected chi connectivity index (χ0v) is 13.5. The predicted molar refractivity (Wildman–Crippen MR) is 84.6 cm³/mol. The van der Waals surface area contributed by atoms with Crippen LogP contribution in [-0.4, -0.2) is 29.8 Å². The molecule has 0 aromatic heterocycles. The van der Waals surface area contributed by atoms with E-state index in [4.69, 9.17) is 4.74 Å². The van der Waals surface area contributed by atoms with E-state index in [1.54, 1.807) is 6.92 Å². The van der Waals surface area contributed by atoms with Crippen LogP contribution in [0.1, 0.15) is 44.2 Å². The zero-order valence-electron chi connectivity index (χ0n) is 13.5. The molecule has 0 bridgehead atoms. The van der Waals surface area contributed by atoms with Crippen LogP contribution in [0.5, 0.6) is 5.75 Å². The van der Waals surface area contributed by atoms with Crippen molar-refractivity contribution in [3.63, 3.8) is 0 Å². The highest BCUT2D eigenvalue weighted by molar-refractivity contribution is 5.76. The average molecular weight is 293 g/mol. The first kappa shape index (κ1) is 17.5. The maximum atomic E-state index is 11.7. The van der Waals surface area contributed by atoms with Gasteiger partial charge in [-0.1, -0.05) is 25.5 Å². The van der Waals surface area contributed by atoms with Gasteiger partial charge in [0.15, 0.2) is 0 Å². The normalized spacial score (nSPS) is 13.6. The molecule has 1 aromatic carbocycles. The molecule has 0 radical (unpaired) electrons. The van der Waals surface area contributed by atoms with Crippen molar-refractivity contribution in [2.24, 2.45) is 0 Å². The monoisotopic (exact) mass is 293 g/mol. The summed E-state index contributed by atoms with van der Waals surface area (Å²) in [6, 6.07) is 6.01. The van der Waals surface area contributed by atoms with Gasteiger partial charge in [0, 0.05) is 6.54 Å². The van der Waals surface area contributed by atoms with E-state index in [9.17, 15) is 9.90 Å². The van der Waals surface area contributed by atoms with Crippen LogP contribution in [0.4, 0.5) is 0 Å². The van der Waals surface area contributed by atoms with E-state index in [0.29, 0.717) is 13.0 Å². The summed E-state index contributed by atoms with van der Waals surface area (Å²) in [4.78, 5) is 11.7. The Morgan fingerprint density at radius 3 is 2.76 bits per heavy atom. The van der Waals surface area contributed by atoms with Crippen LogP contribution in [0.25, 0.3) is 0 Å². The number of hydrogen-bond donors (Lipinski definition) is 2. The topological polar surface area (TPSA) is 58.6 Å². The fraction of sp³-hybridized carbons (Fsp3) is 0.588. The number of carbonyl (C=O) groups excluding carboxylic acids is 1. The summed E-state index contributed by atoms with van der Waals surface area (Å²) in [7, 11) is 0. The van der Waals surface area contributed by atoms with Crippen molar-refractivity contribution in [2.75, 3.05) is 13.2 Å². The number of aryl methyl sites for hydroxylation is 2. The number of hydrogen-bond acceptors (Lipinski definition) is 3. The molecular weight excluding hydrogens is 266 g/mol. The number of ether oxygens (including phenoxy) is 1. The Morgan fingerprint density at radius 1 is 1.38 bits per heavy atom. The van der Waals surface area contributed by atoms with Gasteiger partial charge in [0.2, 0.25) is 5.91 Å². The standard InChI is InChI=1S/C17H27NO3/c1-5-9-17(4,20)12-18-16(19)8-10-21-15-11-13(2)6-7-14(15)3/h6-7,11,20H,5,8-10,12H2,1-4H3,(H,18,19). The molecule has 0 aliphatic heterocycles. The Morgan fingerprint density at radius 2 is 2.10 bits per heavy atom. The lowest BCUT2D eigenvalue weighted by atomic mass is 10.0. The minimum Gasteiger partial charge on any atom is -0.493 e. The number of nitrogens with one attached hydrogen (secondary N) is 1. The van der Waals surface area contributed by atoms with Gasteiger partial charge in [0.05, 0.1) is 18.6 Å². The van der Waals surface area contributed by atoms with E-state index < -0.39 is 5.60 Å². The Labute approximate surface area is 127 Å². The molecule has 1 atom stereocenters. The Bertz CT molecular complexity index is 469. The van der Waals surface area contributed by atoms with Crippen LogP contribution in [0.15, 0.2) is 18.2 Å². The summed E-state index contributed by atoms with van der Waals surface area (Å²) < 4.78 is 5.64. The zero-order chi connectivity index (χ0) is 15.9. The fourth-order valence-electron chi connectivity index (χ4n) is 2.12. The van der Waals surface area contributed by atoms with Gasteiger partial charge in [-0.05, 0) is 44.4 Å². The molecular formula is C17H27NO3. The largest absolute Gasteiger partial charge is 0.493 e. The molecule has 0 heterocycles. The summed E-state index contributed by atoms with van der Waals surface area (Å²) in [6.45, 7) is 8.36. The van der Waals surface area contributed by atoms with Crippen molar-refractivity contribution >= 4 is 5.91 Å². The molecule has 0 saturated heterocycles. The van der Waals surface area contributed by atoms with E-state index in [1.165, 1.54) is 0 Å². The Balaban J connectivity index is 2.32. The minimum absolute atomic E-state index is 0.100. The quantitative estimate of drug-likeness (QED) is 0.775. The van der Waals surface area contributed by atoms with Crippen molar-refractivity contribution < 1.29 is 14.6 Å².